The highest BCUT2D eigenvalue weighted by molar-refractivity contribution is 8.18. The number of hydrogen-bond acceptors (Lipinski definition) is 7. The van der Waals surface area contributed by atoms with Gasteiger partial charge in [0.05, 0.1) is 12.0 Å². The number of nitrogens with zero attached hydrogens (tertiary/aromatic N) is 1. The molecule has 2 aromatic rings. The number of para-hydroxylation sites is 1. The summed E-state index contributed by atoms with van der Waals surface area (Å²) in [7, 11) is 1.40. The Bertz CT molecular complexity index is 1170. The number of ether oxygens (including phenoxy) is 2. The Hall–Kier alpha value is -3.79. The zero-order valence-electron chi connectivity index (χ0n) is 19.1. The number of rotatable bonds is 8. The van der Waals surface area contributed by atoms with Crippen molar-refractivity contribution in [2.24, 2.45) is 0 Å². The maximum absolute atomic E-state index is 12.8. The third-order valence-electron chi connectivity index (χ3n) is 5.06. The number of carboxylic acids is 1. The first-order valence-electron chi connectivity index (χ1n) is 10.3. The molecule has 0 spiro atoms. The highest BCUT2D eigenvalue weighted by Crippen LogP contribution is 2.35. The molecule has 0 aliphatic carbocycles. The van der Waals surface area contributed by atoms with Crippen LogP contribution in [0.5, 0.6) is 11.5 Å². The summed E-state index contributed by atoms with van der Waals surface area (Å²) >= 11 is 0.732. The van der Waals surface area contributed by atoms with E-state index in [1.807, 2.05) is 32.0 Å². The molecule has 1 saturated heterocycles. The zero-order chi connectivity index (χ0) is 25.0. The lowest BCUT2D eigenvalue weighted by molar-refractivity contribution is -0.144. The lowest BCUT2D eigenvalue weighted by Gasteiger charge is -2.15. The molecule has 1 aliphatic heterocycles. The molecule has 34 heavy (non-hydrogen) atoms. The zero-order valence-corrected chi connectivity index (χ0v) is 19.9. The minimum absolute atomic E-state index is 0.152. The highest BCUT2D eigenvalue weighted by atomic mass is 32.2. The van der Waals surface area contributed by atoms with E-state index in [1.54, 1.807) is 12.1 Å². The van der Waals surface area contributed by atoms with Crippen molar-refractivity contribution >= 4 is 46.5 Å². The van der Waals surface area contributed by atoms with E-state index in [0.29, 0.717) is 11.3 Å². The quantitative estimate of drug-likeness (QED) is 0.542. The van der Waals surface area contributed by atoms with Crippen molar-refractivity contribution in [3.8, 4) is 11.5 Å². The molecule has 1 fully saturated rings. The number of aryl methyl sites for hydroxylation is 2. The monoisotopic (exact) mass is 484 g/mol. The number of benzene rings is 2. The third kappa shape index (κ3) is 5.57. The van der Waals surface area contributed by atoms with Gasteiger partial charge in [-0.05, 0) is 67.4 Å². The van der Waals surface area contributed by atoms with Crippen LogP contribution >= 0.6 is 11.8 Å². The van der Waals surface area contributed by atoms with Crippen LogP contribution in [0.3, 0.4) is 0 Å². The fourth-order valence-electron chi connectivity index (χ4n) is 3.23. The number of hydrogen-bond donors (Lipinski definition) is 2. The SMILES string of the molecule is COc1cc(/C=C2\SC(=O)N(CC(=O)Nc3c(C)cccc3C)C2=O)ccc1OC(C)C(=O)O. The maximum atomic E-state index is 12.8. The van der Waals surface area contributed by atoms with Crippen molar-refractivity contribution in [1.29, 1.82) is 0 Å². The predicted octanol–water partition coefficient (Wildman–Crippen LogP) is 3.84. The smallest absolute Gasteiger partial charge is 0.344 e. The van der Waals surface area contributed by atoms with E-state index in [2.05, 4.69) is 5.32 Å². The number of anilines is 1. The van der Waals surface area contributed by atoms with E-state index in [1.165, 1.54) is 26.2 Å². The van der Waals surface area contributed by atoms with Crippen LogP contribution in [0.15, 0.2) is 41.3 Å². The number of carboxylic acid groups (broad SMARTS) is 1. The van der Waals surface area contributed by atoms with Gasteiger partial charge in [-0.2, -0.15) is 0 Å². The lowest BCUT2D eigenvalue weighted by atomic mass is 10.1. The van der Waals surface area contributed by atoms with Crippen molar-refractivity contribution < 1.29 is 33.8 Å². The molecule has 0 radical (unpaired) electrons. The number of amides is 3. The summed E-state index contributed by atoms with van der Waals surface area (Å²) in [5, 5.41) is 11.2. The number of carbonyl (C=O) groups is 4. The van der Waals surface area contributed by atoms with E-state index in [0.717, 1.165) is 27.8 Å². The van der Waals surface area contributed by atoms with Crippen molar-refractivity contribution in [3.63, 3.8) is 0 Å². The number of nitrogens with one attached hydrogen (secondary N) is 1. The van der Waals surface area contributed by atoms with Gasteiger partial charge in [0, 0.05) is 5.69 Å². The average Bonchev–Trinajstić information content (AvgIpc) is 3.04. The summed E-state index contributed by atoms with van der Waals surface area (Å²) in [5.41, 5.74) is 2.95. The normalized spacial score (nSPS) is 15.4. The van der Waals surface area contributed by atoms with Gasteiger partial charge in [0.25, 0.3) is 11.1 Å². The Morgan fingerprint density at radius 3 is 2.44 bits per heavy atom. The minimum Gasteiger partial charge on any atom is -0.493 e. The van der Waals surface area contributed by atoms with Crippen LogP contribution < -0.4 is 14.8 Å². The fraction of sp³-hybridized carbons (Fsp3) is 0.250. The third-order valence-corrected chi connectivity index (χ3v) is 5.97. The molecule has 1 heterocycles. The van der Waals surface area contributed by atoms with Crippen molar-refractivity contribution in [2.45, 2.75) is 26.9 Å². The van der Waals surface area contributed by atoms with Gasteiger partial charge in [0.2, 0.25) is 5.91 Å². The molecule has 1 aliphatic rings. The van der Waals surface area contributed by atoms with Crippen LogP contribution in [-0.2, 0) is 14.4 Å². The van der Waals surface area contributed by atoms with Crippen molar-refractivity contribution in [1.82, 2.24) is 4.90 Å². The second-order valence-corrected chi connectivity index (χ2v) is 8.58. The van der Waals surface area contributed by atoms with Gasteiger partial charge in [-0.1, -0.05) is 24.3 Å². The van der Waals surface area contributed by atoms with Crippen molar-refractivity contribution in [2.75, 3.05) is 19.0 Å². The summed E-state index contributed by atoms with van der Waals surface area (Å²) in [6.45, 7) is 4.71. The van der Waals surface area contributed by atoms with Crippen LogP contribution in [-0.4, -0.2) is 52.8 Å². The van der Waals surface area contributed by atoms with Gasteiger partial charge in [-0.25, -0.2) is 4.79 Å². The minimum atomic E-state index is -1.12. The van der Waals surface area contributed by atoms with Gasteiger partial charge >= 0.3 is 5.97 Å². The molecule has 0 bridgehead atoms. The molecule has 3 amide bonds. The summed E-state index contributed by atoms with van der Waals surface area (Å²) in [5.74, 6) is -1.68. The number of aliphatic carboxylic acids is 1. The van der Waals surface area contributed by atoms with Gasteiger partial charge in [0.1, 0.15) is 6.54 Å². The number of imide groups is 1. The van der Waals surface area contributed by atoms with E-state index in [4.69, 9.17) is 14.6 Å². The number of carbonyl (C=O) groups excluding carboxylic acids is 3. The Labute approximate surface area is 200 Å². The van der Waals surface area contributed by atoms with Gasteiger partial charge in [0.15, 0.2) is 17.6 Å². The van der Waals surface area contributed by atoms with Gasteiger partial charge in [-0.15, -0.1) is 0 Å². The molecule has 3 rings (SSSR count). The van der Waals surface area contributed by atoms with Crippen LogP contribution in [0.2, 0.25) is 0 Å². The molecule has 2 N–H and O–H groups in total. The molecular formula is C24H24N2O7S. The number of thioether (sulfide) groups is 1. The van der Waals surface area contributed by atoms with Crippen molar-refractivity contribution in [3.05, 3.63) is 58.0 Å². The van der Waals surface area contributed by atoms with Gasteiger partial charge in [-0.3, -0.25) is 19.3 Å². The summed E-state index contributed by atoms with van der Waals surface area (Å²) < 4.78 is 10.6. The first-order valence-corrected chi connectivity index (χ1v) is 11.1. The molecule has 1 atom stereocenters. The maximum Gasteiger partial charge on any atom is 0.344 e. The number of methoxy groups -OCH3 is 1. The molecule has 178 valence electrons. The molecule has 1 unspecified atom stereocenters. The first kappa shape index (κ1) is 24.8. The summed E-state index contributed by atoms with van der Waals surface area (Å²) in [4.78, 5) is 49.8. The predicted molar refractivity (Wildman–Crippen MR) is 128 cm³/mol. The Morgan fingerprint density at radius 1 is 1.15 bits per heavy atom. The second kappa shape index (κ2) is 10.4. The van der Waals surface area contributed by atoms with E-state index in [9.17, 15) is 19.2 Å². The molecule has 0 saturated carbocycles. The van der Waals surface area contributed by atoms with E-state index >= 15 is 0 Å². The van der Waals surface area contributed by atoms with Crippen LogP contribution in [0.25, 0.3) is 6.08 Å². The largest absolute Gasteiger partial charge is 0.493 e. The van der Waals surface area contributed by atoms with Gasteiger partial charge < -0.3 is 19.9 Å². The molecule has 2 aromatic carbocycles. The fourth-order valence-corrected chi connectivity index (χ4v) is 4.07. The van der Waals surface area contributed by atoms with E-state index < -0.39 is 35.7 Å². The molecular weight excluding hydrogens is 460 g/mol. The second-order valence-electron chi connectivity index (χ2n) is 7.59. The molecule has 0 aromatic heterocycles. The summed E-state index contributed by atoms with van der Waals surface area (Å²) in [6, 6.07) is 10.3. The standard InChI is InChI=1S/C24H24N2O7S/c1-13-6-5-7-14(2)21(13)25-20(27)12-26-22(28)19(34-24(26)31)11-16-8-9-17(18(10-16)32-4)33-15(3)23(29)30/h5-11,15H,12H2,1-4H3,(H,25,27)(H,29,30)/b19-11-. The Morgan fingerprint density at radius 2 is 1.82 bits per heavy atom. The lowest BCUT2D eigenvalue weighted by Crippen LogP contribution is -2.36. The average molecular weight is 485 g/mol. The Balaban J connectivity index is 1.74. The van der Waals surface area contributed by atoms with Crippen LogP contribution in [0.1, 0.15) is 23.6 Å². The molecule has 9 nitrogen and oxygen atoms in total. The van der Waals surface area contributed by atoms with Crippen LogP contribution in [0.4, 0.5) is 10.5 Å². The van der Waals surface area contributed by atoms with Crippen LogP contribution in [0, 0.1) is 13.8 Å². The highest BCUT2D eigenvalue weighted by Gasteiger charge is 2.36. The molecule has 10 heteroatoms. The Kier molecular flexibility index (Phi) is 7.62. The van der Waals surface area contributed by atoms with E-state index in [-0.39, 0.29) is 16.4 Å². The summed E-state index contributed by atoms with van der Waals surface area (Å²) in [6.07, 6.45) is 0.423. The first-order chi connectivity index (χ1) is 16.1. The topological polar surface area (TPSA) is 122 Å².